The van der Waals surface area contributed by atoms with E-state index in [1.807, 2.05) is 24.1 Å². The van der Waals surface area contributed by atoms with Crippen molar-refractivity contribution >= 4 is 17.8 Å². The smallest absolute Gasteiger partial charge is 0.137 e. The van der Waals surface area contributed by atoms with Gasteiger partial charge in [-0.05, 0) is 19.9 Å². The average Bonchev–Trinajstić information content (AvgIpc) is 2.46. The van der Waals surface area contributed by atoms with Crippen LogP contribution in [0.2, 0.25) is 0 Å². The molecule has 0 aliphatic heterocycles. The Bertz CT molecular complexity index is 259. The van der Waals surface area contributed by atoms with Gasteiger partial charge in [0.25, 0.3) is 0 Å². The lowest BCUT2D eigenvalue weighted by atomic mass is 10.4. The van der Waals surface area contributed by atoms with Gasteiger partial charge in [0.05, 0.1) is 6.20 Å². The fourth-order valence-corrected chi connectivity index (χ4v) is 1.58. The SMILES string of the molecule is CSNc1c(C)cnn1CCCN. The van der Waals surface area contributed by atoms with Crippen molar-refractivity contribution in [3.63, 3.8) is 0 Å². The van der Waals surface area contributed by atoms with Gasteiger partial charge in [-0.3, -0.25) is 0 Å². The molecule has 0 fully saturated rings. The first kappa shape index (κ1) is 10.4. The van der Waals surface area contributed by atoms with Crippen molar-refractivity contribution in [3.05, 3.63) is 11.8 Å². The molecule has 5 heteroatoms. The fraction of sp³-hybridized carbons (Fsp3) is 0.625. The number of nitrogens with one attached hydrogen (secondary N) is 1. The molecule has 1 aromatic rings. The van der Waals surface area contributed by atoms with E-state index in [1.54, 1.807) is 11.9 Å². The average molecular weight is 200 g/mol. The van der Waals surface area contributed by atoms with Gasteiger partial charge in [-0.1, -0.05) is 11.9 Å². The molecule has 13 heavy (non-hydrogen) atoms. The highest BCUT2D eigenvalue weighted by atomic mass is 32.2. The Hall–Kier alpha value is -0.680. The summed E-state index contributed by atoms with van der Waals surface area (Å²) in [7, 11) is 0. The van der Waals surface area contributed by atoms with Crippen LogP contribution >= 0.6 is 11.9 Å². The first-order valence-corrected chi connectivity index (χ1v) is 5.53. The van der Waals surface area contributed by atoms with E-state index in [9.17, 15) is 0 Å². The van der Waals surface area contributed by atoms with Crippen LogP contribution in [-0.2, 0) is 6.54 Å². The highest BCUT2D eigenvalue weighted by Crippen LogP contribution is 2.16. The molecule has 74 valence electrons. The fourth-order valence-electron chi connectivity index (χ4n) is 1.12. The summed E-state index contributed by atoms with van der Waals surface area (Å²) in [5.74, 6) is 1.08. The Balaban J connectivity index is 2.68. The summed E-state index contributed by atoms with van der Waals surface area (Å²) in [6.45, 7) is 3.63. The molecule has 0 aliphatic rings. The van der Waals surface area contributed by atoms with Gasteiger partial charge in [0.2, 0.25) is 0 Å². The molecule has 0 unspecified atom stereocenters. The largest absolute Gasteiger partial charge is 0.330 e. The minimum atomic E-state index is 0.706. The summed E-state index contributed by atoms with van der Waals surface area (Å²) < 4.78 is 5.17. The predicted molar refractivity (Wildman–Crippen MR) is 57.8 cm³/mol. The molecule has 4 nitrogen and oxygen atoms in total. The van der Waals surface area contributed by atoms with Crippen LogP contribution in [0, 0.1) is 6.92 Å². The van der Waals surface area contributed by atoms with Gasteiger partial charge in [-0.25, -0.2) is 4.68 Å². The molecule has 1 rings (SSSR count). The number of hydrogen-bond acceptors (Lipinski definition) is 4. The maximum atomic E-state index is 5.44. The van der Waals surface area contributed by atoms with E-state index in [2.05, 4.69) is 9.82 Å². The lowest BCUT2D eigenvalue weighted by Gasteiger charge is -2.07. The van der Waals surface area contributed by atoms with Gasteiger partial charge < -0.3 is 10.5 Å². The van der Waals surface area contributed by atoms with Crippen molar-refractivity contribution in [2.24, 2.45) is 5.73 Å². The Morgan fingerprint density at radius 1 is 1.69 bits per heavy atom. The van der Waals surface area contributed by atoms with Gasteiger partial charge in [-0.15, -0.1) is 0 Å². The van der Waals surface area contributed by atoms with Gasteiger partial charge in [-0.2, -0.15) is 5.10 Å². The van der Waals surface area contributed by atoms with Crippen LogP contribution in [0.5, 0.6) is 0 Å². The van der Waals surface area contributed by atoms with Crippen molar-refractivity contribution in [3.8, 4) is 0 Å². The highest BCUT2D eigenvalue weighted by molar-refractivity contribution is 7.99. The number of rotatable bonds is 5. The molecule has 0 saturated heterocycles. The predicted octanol–water partition coefficient (Wildman–Crippen LogP) is 1.23. The maximum Gasteiger partial charge on any atom is 0.137 e. The highest BCUT2D eigenvalue weighted by Gasteiger charge is 2.04. The number of nitrogens with two attached hydrogens (primary N) is 1. The number of nitrogens with zero attached hydrogens (tertiary/aromatic N) is 2. The summed E-state index contributed by atoms with van der Waals surface area (Å²) >= 11 is 1.58. The third-order valence-corrected chi connectivity index (χ3v) is 2.19. The molecule has 3 N–H and O–H groups in total. The van der Waals surface area contributed by atoms with E-state index < -0.39 is 0 Å². The molecule has 0 aromatic carbocycles. The molecular formula is C8H16N4S. The Morgan fingerprint density at radius 2 is 2.46 bits per heavy atom. The topological polar surface area (TPSA) is 55.9 Å². The molecular weight excluding hydrogens is 184 g/mol. The molecule has 0 aliphatic carbocycles. The second-order valence-electron chi connectivity index (χ2n) is 2.85. The molecule has 0 atom stereocenters. The first-order chi connectivity index (χ1) is 6.29. The number of hydrogen-bond donors (Lipinski definition) is 2. The molecule has 1 aromatic heterocycles. The zero-order valence-corrected chi connectivity index (χ0v) is 8.90. The lowest BCUT2D eigenvalue weighted by Crippen LogP contribution is -2.09. The van der Waals surface area contributed by atoms with E-state index in [-0.39, 0.29) is 0 Å². The van der Waals surface area contributed by atoms with E-state index in [1.165, 1.54) is 5.56 Å². The maximum absolute atomic E-state index is 5.44. The molecule has 1 heterocycles. The quantitative estimate of drug-likeness (QED) is 0.702. The van der Waals surface area contributed by atoms with Crippen LogP contribution in [0.3, 0.4) is 0 Å². The van der Waals surface area contributed by atoms with Gasteiger partial charge >= 0.3 is 0 Å². The lowest BCUT2D eigenvalue weighted by molar-refractivity contribution is 0.592. The summed E-state index contributed by atoms with van der Waals surface area (Å²) in [5.41, 5.74) is 6.61. The summed E-state index contributed by atoms with van der Waals surface area (Å²) in [6, 6.07) is 0. The second kappa shape index (κ2) is 5.14. The third kappa shape index (κ3) is 2.63. The Labute approximate surface area is 83.0 Å². The molecule has 0 saturated carbocycles. The third-order valence-electron chi connectivity index (χ3n) is 1.80. The van der Waals surface area contributed by atoms with E-state index in [4.69, 9.17) is 5.73 Å². The van der Waals surface area contributed by atoms with E-state index in [0.717, 1.165) is 18.8 Å². The van der Waals surface area contributed by atoms with Crippen LogP contribution in [0.15, 0.2) is 6.20 Å². The van der Waals surface area contributed by atoms with Crippen molar-refractivity contribution in [2.45, 2.75) is 19.9 Å². The molecule has 0 amide bonds. The zero-order valence-electron chi connectivity index (χ0n) is 8.08. The Kier molecular flexibility index (Phi) is 4.11. The second-order valence-corrected chi connectivity index (χ2v) is 3.46. The van der Waals surface area contributed by atoms with Gasteiger partial charge in [0.15, 0.2) is 0 Å². The van der Waals surface area contributed by atoms with E-state index >= 15 is 0 Å². The van der Waals surface area contributed by atoms with Crippen molar-refractivity contribution < 1.29 is 0 Å². The summed E-state index contributed by atoms with van der Waals surface area (Å²) in [6.07, 6.45) is 4.83. The van der Waals surface area contributed by atoms with Crippen LogP contribution in [0.1, 0.15) is 12.0 Å². The van der Waals surface area contributed by atoms with Gasteiger partial charge in [0, 0.05) is 18.4 Å². The molecule has 0 bridgehead atoms. The van der Waals surface area contributed by atoms with Crippen LogP contribution in [-0.4, -0.2) is 22.6 Å². The number of aryl methyl sites for hydroxylation is 2. The molecule has 0 spiro atoms. The summed E-state index contributed by atoms with van der Waals surface area (Å²) in [5, 5.41) is 4.26. The number of aromatic nitrogens is 2. The molecule has 0 radical (unpaired) electrons. The first-order valence-electron chi connectivity index (χ1n) is 4.31. The minimum Gasteiger partial charge on any atom is -0.330 e. The number of anilines is 1. The van der Waals surface area contributed by atoms with Crippen molar-refractivity contribution in [1.82, 2.24) is 9.78 Å². The Morgan fingerprint density at radius 3 is 3.08 bits per heavy atom. The van der Waals surface area contributed by atoms with Crippen molar-refractivity contribution in [1.29, 1.82) is 0 Å². The van der Waals surface area contributed by atoms with Gasteiger partial charge in [0.1, 0.15) is 5.82 Å². The van der Waals surface area contributed by atoms with Crippen molar-refractivity contribution in [2.75, 3.05) is 17.5 Å². The van der Waals surface area contributed by atoms with Crippen LogP contribution < -0.4 is 10.5 Å². The monoisotopic (exact) mass is 200 g/mol. The summed E-state index contributed by atoms with van der Waals surface area (Å²) in [4.78, 5) is 0. The normalized spacial score (nSPS) is 10.4. The minimum absolute atomic E-state index is 0.706. The van der Waals surface area contributed by atoms with Crippen LogP contribution in [0.4, 0.5) is 5.82 Å². The van der Waals surface area contributed by atoms with Crippen LogP contribution in [0.25, 0.3) is 0 Å². The van der Waals surface area contributed by atoms with E-state index in [0.29, 0.717) is 6.54 Å². The standard InChI is InChI=1S/C8H16N4S/c1-7-6-10-12(5-3-4-9)8(7)11-13-2/h6,11H,3-5,9H2,1-2H3. The zero-order chi connectivity index (χ0) is 9.68.